The molecule has 1 fully saturated rings. The minimum absolute atomic E-state index is 0.204. The predicted molar refractivity (Wildman–Crippen MR) is 117 cm³/mol. The molecule has 1 radical (unpaired) electrons. The van der Waals surface area contributed by atoms with Crippen LogP contribution >= 0.6 is 0 Å². The Labute approximate surface area is 178 Å². The minimum atomic E-state index is -1.92. The number of pyridine rings is 1. The van der Waals surface area contributed by atoms with Gasteiger partial charge in [0.2, 0.25) is 5.95 Å². The predicted octanol–water partition coefficient (Wildman–Crippen LogP) is 4.09. The molecule has 2 aromatic rings. The van der Waals surface area contributed by atoms with Crippen molar-refractivity contribution in [2.24, 2.45) is 0 Å². The van der Waals surface area contributed by atoms with Crippen molar-refractivity contribution in [3.05, 3.63) is 30.1 Å². The molecule has 0 saturated heterocycles. The molecule has 0 bridgehead atoms. The molecule has 2 aromatic heterocycles. The van der Waals surface area contributed by atoms with Gasteiger partial charge in [0.05, 0.1) is 24.0 Å². The zero-order valence-corrected chi connectivity index (χ0v) is 18.4. The zero-order chi connectivity index (χ0) is 21.3. The van der Waals surface area contributed by atoms with Crippen molar-refractivity contribution in [2.75, 3.05) is 23.5 Å². The molecule has 0 spiro atoms. The van der Waals surface area contributed by atoms with E-state index in [0.717, 1.165) is 42.5 Å². The van der Waals surface area contributed by atoms with E-state index in [1.165, 1.54) is 0 Å². The lowest BCUT2D eigenvalue weighted by Crippen LogP contribution is -2.29. The molecule has 3 N–H and O–H groups in total. The number of alkyl halides is 1. The summed E-state index contributed by atoms with van der Waals surface area (Å²) in [7, 11) is -1.92. The molecule has 0 aromatic carbocycles. The van der Waals surface area contributed by atoms with Crippen molar-refractivity contribution < 1.29 is 13.6 Å². The van der Waals surface area contributed by atoms with Crippen LogP contribution in [0.15, 0.2) is 24.5 Å². The molecular formula is C21H30F2N5OSi. The van der Waals surface area contributed by atoms with E-state index in [1.807, 2.05) is 19.1 Å². The summed E-state index contributed by atoms with van der Waals surface area (Å²) in [4.78, 5) is 13.5. The first-order valence-corrected chi connectivity index (χ1v) is 12.4. The number of aryl methyl sites for hydroxylation is 1. The third-order valence-corrected chi connectivity index (χ3v) is 6.68. The van der Waals surface area contributed by atoms with Gasteiger partial charge in [0, 0.05) is 24.6 Å². The summed E-state index contributed by atoms with van der Waals surface area (Å²) in [6, 6.07) is 4.58. The van der Waals surface area contributed by atoms with E-state index in [4.69, 9.17) is 0 Å². The fourth-order valence-corrected chi connectivity index (χ4v) is 4.08. The summed E-state index contributed by atoms with van der Waals surface area (Å²) >= 11 is 0. The number of aliphatic hydroxyl groups is 1. The van der Waals surface area contributed by atoms with Crippen LogP contribution in [0.25, 0.3) is 11.3 Å². The van der Waals surface area contributed by atoms with E-state index < -0.39 is 9.13 Å². The van der Waals surface area contributed by atoms with Gasteiger partial charge in [-0.3, -0.25) is 9.37 Å². The van der Waals surface area contributed by atoms with E-state index in [0.29, 0.717) is 30.7 Å². The molecule has 30 heavy (non-hydrogen) atoms. The van der Waals surface area contributed by atoms with E-state index in [9.17, 15) is 13.6 Å². The maximum absolute atomic E-state index is 13.7. The second-order valence-corrected chi connectivity index (χ2v) is 9.77. The highest BCUT2D eigenvalue weighted by atomic mass is 28.3. The van der Waals surface area contributed by atoms with Gasteiger partial charge in [-0.25, -0.2) is 4.98 Å². The number of aromatic nitrogens is 3. The quantitative estimate of drug-likeness (QED) is 0.386. The summed E-state index contributed by atoms with van der Waals surface area (Å²) in [5.74, 6) is 1.05. The lowest BCUT2D eigenvalue weighted by atomic mass is 9.93. The fourth-order valence-electron chi connectivity index (χ4n) is 3.48. The summed E-state index contributed by atoms with van der Waals surface area (Å²) in [6.45, 7) is 1.50. The van der Waals surface area contributed by atoms with Crippen LogP contribution in [0.5, 0.6) is 0 Å². The Balaban J connectivity index is 1.81. The summed E-state index contributed by atoms with van der Waals surface area (Å²) in [5, 5.41) is 16.3. The SMILES string of the molecule is CC[Si](F)CNc1ncc(-c2ccc(CCCF)cn2)c(NC2CCC(O)CC2)n1. The first kappa shape index (κ1) is 22.5. The lowest BCUT2D eigenvalue weighted by molar-refractivity contribution is 0.126. The number of hydrogen-bond donors (Lipinski definition) is 3. The molecule has 2 heterocycles. The standard InChI is InChI=1S/C21H30F2N5OSi/c1-2-30(23)14-26-21-25-13-18(19-10-5-15(12-24-19)4-3-11-22)20(28-21)27-16-6-8-17(29)9-7-16/h5,10,12-13,16-17,29H,2-4,6-9,11,14H2,1H3,(H2,25,26,27,28). The van der Waals surface area contributed by atoms with Gasteiger partial charge in [0.25, 0.3) is 9.13 Å². The van der Waals surface area contributed by atoms with Crippen molar-refractivity contribution >= 4 is 20.9 Å². The van der Waals surface area contributed by atoms with Gasteiger partial charge < -0.3 is 19.8 Å². The number of nitrogens with one attached hydrogen (secondary N) is 2. The number of hydrogen-bond acceptors (Lipinski definition) is 6. The average molecular weight is 435 g/mol. The van der Waals surface area contributed by atoms with Crippen molar-refractivity contribution in [1.82, 2.24) is 15.0 Å². The van der Waals surface area contributed by atoms with E-state index in [2.05, 4.69) is 25.6 Å². The molecule has 1 aliphatic rings. The third kappa shape index (κ3) is 6.43. The Bertz CT molecular complexity index is 787. The maximum Gasteiger partial charge on any atom is 0.290 e. The van der Waals surface area contributed by atoms with Crippen LogP contribution in [-0.4, -0.2) is 54.2 Å². The molecule has 0 amide bonds. The van der Waals surface area contributed by atoms with Gasteiger partial charge in [0.15, 0.2) is 0 Å². The zero-order valence-electron chi connectivity index (χ0n) is 17.4. The number of aliphatic hydroxyl groups excluding tert-OH is 1. The first-order chi connectivity index (χ1) is 14.6. The molecular weight excluding hydrogens is 404 g/mol. The van der Waals surface area contributed by atoms with Crippen LogP contribution in [0.4, 0.5) is 20.3 Å². The molecule has 3 rings (SSSR count). The average Bonchev–Trinajstić information content (AvgIpc) is 2.78. The second kappa shape index (κ2) is 11.3. The monoisotopic (exact) mass is 434 g/mol. The lowest BCUT2D eigenvalue weighted by Gasteiger charge is -2.27. The second-order valence-electron chi connectivity index (χ2n) is 7.67. The molecule has 0 atom stereocenters. The van der Waals surface area contributed by atoms with Gasteiger partial charge in [-0.1, -0.05) is 13.0 Å². The first-order valence-electron chi connectivity index (χ1n) is 10.7. The van der Waals surface area contributed by atoms with Crippen molar-refractivity contribution in [1.29, 1.82) is 0 Å². The van der Waals surface area contributed by atoms with E-state index in [-0.39, 0.29) is 25.0 Å². The Morgan fingerprint density at radius 3 is 2.63 bits per heavy atom. The smallest absolute Gasteiger partial charge is 0.290 e. The Kier molecular flexibility index (Phi) is 8.50. The van der Waals surface area contributed by atoms with E-state index >= 15 is 0 Å². The molecule has 1 aliphatic carbocycles. The largest absolute Gasteiger partial charge is 0.393 e. The number of rotatable bonds is 10. The van der Waals surface area contributed by atoms with E-state index in [1.54, 1.807) is 12.4 Å². The normalized spacial score (nSPS) is 19.1. The highest BCUT2D eigenvalue weighted by Gasteiger charge is 2.21. The van der Waals surface area contributed by atoms with Crippen LogP contribution in [0.3, 0.4) is 0 Å². The van der Waals surface area contributed by atoms with Gasteiger partial charge in [-0.05, 0) is 56.2 Å². The summed E-state index contributed by atoms with van der Waals surface area (Å²) in [5.41, 5.74) is 2.49. The van der Waals surface area contributed by atoms with Crippen LogP contribution < -0.4 is 10.6 Å². The molecule has 9 heteroatoms. The topological polar surface area (TPSA) is 83.0 Å². The number of nitrogens with zero attached hydrogens (tertiary/aromatic N) is 3. The molecule has 6 nitrogen and oxygen atoms in total. The maximum atomic E-state index is 13.7. The number of halogens is 2. The van der Waals surface area contributed by atoms with Gasteiger partial charge in [-0.15, -0.1) is 0 Å². The Hall–Kier alpha value is -2.13. The third-order valence-electron chi connectivity index (χ3n) is 5.35. The van der Waals surface area contributed by atoms with Crippen LogP contribution in [-0.2, 0) is 6.42 Å². The summed E-state index contributed by atoms with van der Waals surface area (Å²) < 4.78 is 26.1. The number of anilines is 2. The van der Waals surface area contributed by atoms with Gasteiger partial charge in [0.1, 0.15) is 5.82 Å². The van der Waals surface area contributed by atoms with Crippen LogP contribution in [0, 0.1) is 0 Å². The summed E-state index contributed by atoms with van der Waals surface area (Å²) in [6.07, 6.45) is 7.87. The molecule has 163 valence electrons. The molecule has 0 aliphatic heterocycles. The van der Waals surface area contributed by atoms with Crippen LogP contribution in [0.2, 0.25) is 6.04 Å². The van der Waals surface area contributed by atoms with Gasteiger partial charge >= 0.3 is 0 Å². The Morgan fingerprint density at radius 1 is 1.17 bits per heavy atom. The minimum Gasteiger partial charge on any atom is -0.393 e. The van der Waals surface area contributed by atoms with Crippen molar-refractivity contribution in [3.8, 4) is 11.3 Å². The van der Waals surface area contributed by atoms with Crippen molar-refractivity contribution in [2.45, 2.75) is 63.6 Å². The van der Waals surface area contributed by atoms with Gasteiger partial charge in [-0.2, -0.15) is 4.98 Å². The Morgan fingerprint density at radius 2 is 1.97 bits per heavy atom. The molecule has 0 unspecified atom stereocenters. The molecule has 1 saturated carbocycles. The highest BCUT2D eigenvalue weighted by molar-refractivity contribution is 6.51. The van der Waals surface area contributed by atoms with Crippen molar-refractivity contribution in [3.63, 3.8) is 0 Å². The fraction of sp³-hybridized carbons (Fsp3) is 0.571. The van der Waals surface area contributed by atoms with Crippen LogP contribution in [0.1, 0.15) is 44.6 Å². The highest BCUT2D eigenvalue weighted by Crippen LogP contribution is 2.29.